The number of benzene rings is 3. The minimum atomic E-state index is -0.531. The Morgan fingerprint density at radius 2 is 1.84 bits per heavy atom. The first-order valence-corrected chi connectivity index (χ1v) is 8.17. The topological polar surface area (TPSA) is 48.0 Å². The minimum absolute atomic E-state index is 0.353. The molecule has 0 unspecified atom stereocenters. The maximum Gasteiger partial charge on any atom is 0.249 e. The van der Waals surface area contributed by atoms with Crippen molar-refractivity contribution in [1.82, 2.24) is 4.57 Å². The first-order chi connectivity index (χ1) is 12.0. The second kappa shape index (κ2) is 5.90. The molecule has 5 heteroatoms. The van der Waals surface area contributed by atoms with Gasteiger partial charge in [0.05, 0.1) is 5.52 Å². The van der Waals surface area contributed by atoms with Crippen molar-refractivity contribution in [1.29, 1.82) is 0 Å². The van der Waals surface area contributed by atoms with Crippen molar-refractivity contribution >= 4 is 39.3 Å². The molecule has 0 aliphatic carbocycles. The van der Waals surface area contributed by atoms with Gasteiger partial charge < -0.3 is 10.3 Å². The fraction of sp³-hybridized carbons (Fsp3) is 0.0500. The zero-order valence-corrected chi connectivity index (χ0v) is 13.9. The van der Waals surface area contributed by atoms with Gasteiger partial charge >= 0.3 is 0 Å². The fourth-order valence-corrected chi connectivity index (χ4v) is 3.53. The molecular formula is C20H14ClFN2O. The smallest absolute Gasteiger partial charge is 0.249 e. The molecule has 2 N–H and O–H groups in total. The number of rotatable bonds is 3. The van der Waals surface area contributed by atoms with Gasteiger partial charge in [-0.25, -0.2) is 4.39 Å². The number of primary amides is 1. The molecule has 0 fully saturated rings. The maximum absolute atomic E-state index is 13.8. The van der Waals surface area contributed by atoms with Crippen LogP contribution in [0.5, 0.6) is 0 Å². The van der Waals surface area contributed by atoms with Gasteiger partial charge in [0.25, 0.3) is 0 Å². The molecule has 3 nitrogen and oxygen atoms in total. The van der Waals surface area contributed by atoms with Gasteiger partial charge in [-0.2, -0.15) is 0 Å². The largest absolute Gasteiger partial charge is 0.366 e. The van der Waals surface area contributed by atoms with Crippen LogP contribution in [0.15, 0.2) is 60.7 Å². The van der Waals surface area contributed by atoms with E-state index in [1.165, 1.54) is 12.1 Å². The predicted octanol–water partition coefficient (Wildman–Crippen LogP) is 4.73. The lowest BCUT2D eigenvalue weighted by molar-refractivity contribution is 0.100. The van der Waals surface area contributed by atoms with E-state index in [4.69, 9.17) is 17.3 Å². The second-order valence-corrected chi connectivity index (χ2v) is 6.38. The van der Waals surface area contributed by atoms with Gasteiger partial charge in [0, 0.05) is 33.4 Å². The van der Waals surface area contributed by atoms with Crippen LogP contribution in [0.4, 0.5) is 4.39 Å². The average molecular weight is 353 g/mol. The van der Waals surface area contributed by atoms with E-state index in [1.54, 1.807) is 18.2 Å². The Morgan fingerprint density at radius 3 is 2.60 bits per heavy atom. The standard InChI is InChI=1S/C20H14ClFN2O/c21-13-4-1-3-12(9-13)11-24-17-8-7-14(22)10-16(17)19-15(20(23)25)5-2-6-18(19)24/h1-10H,11H2,(H2,23,25). The number of halogens is 2. The zero-order chi connectivity index (χ0) is 17.6. The molecule has 0 aliphatic heterocycles. The fourth-order valence-electron chi connectivity index (χ4n) is 3.32. The normalized spacial score (nSPS) is 11.3. The lowest BCUT2D eigenvalue weighted by atomic mass is 10.1. The molecule has 0 saturated carbocycles. The predicted molar refractivity (Wildman–Crippen MR) is 98.5 cm³/mol. The molecule has 4 aromatic rings. The van der Waals surface area contributed by atoms with E-state index in [-0.39, 0.29) is 5.82 Å². The Hall–Kier alpha value is -2.85. The molecule has 1 aromatic heterocycles. The molecule has 0 saturated heterocycles. The number of hydrogen-bond donors (Lipinski definition) is 1. The summed E-state index contributed by atoms with van der Waals surface area (Å²) in [5.74, 6) is -0.884. The summed E-state index contributed by atoms with van der Waals surface area (Å²) in [6, 6.07) is 17.5. The monoisotopic (exact) mass is 352 g/mol. The minimum Gasteiger partial charge on any atom is -0.366 e. The summed E-state index contributed by atoms with van der Waals surface area (Å²) in [4.78, 5) is 11.9. The Bertz CT molecular complexity index is 1130. The number of nitrogens with zero attached hydrogens (tertiary/aromatic N) is 1. The number of carbonyl (C=O) groups excluding carboxylic acids is 1. The first kappa shape index (κ1) is 15.7. The van der Waals surface area contributed by atoms with Crippen molar-refractivity contribution in [3.63, 3.8) is 0 Å². The molecule has 1 amide bonds. The van der Waals surface area contributed by atoms with E-state index < -0.39 is 5.91 Å². The molecule has 0 atom stereocenters. The highest BCUT2D eigenvalue weighted by Crippen LogP contribution is 2.33. The lowest BCUT2D eigenvalue weighted by Gasteiger charge is -2.08. The van der Waals surface area contributed by atoms with Crippen molar-refractivity contribution in [2.45, 2.75) is 6.54 Å². The summed E-state index contributed by atoms with van der Waals surface area (Å²) in [6.07, 6.45) is 0. The molecule has 4 rings (SSSR count). The third kappa shape index (κ3) is 2.65. The molecule has 0 bridgehead atoms. The first-order valence-electron chi connectivity index (χ1n) is 7.79. The van der Waals surface area contributed by atoms with Gasteiger partial charge in [-0.15, -0.1) is 0 Å². The Morgan fingerprint density at radius 1 is 1.04 bits per heavy atom. The number of hydrogen-bond acceptors (Lipinski definition) is 1. The van der Waals surface area contributed by atoms with E-state index in [0.717, 1.165) is 16.6 Å². The van der Waals surface area contributed by atoms with Crippen LogP contribution in [0.3, 0.4) is 0 Å². The number of aromatic nitrogens is 1. The van der Waals surface area contributed by atoms with Crippen LogP contribution < -0.4 is 5.73 Å². The molecule has 0 radical (unpaired) electrons. The van der Waals surface area contributed by atoms with Gasteiger partial charge in [0.15, 0.2) is 0 Å². The van der Waals surface area contributed by atoms with Gasteiger partial charge in [-0.1, -0.05) is 29.8 Å². The number of amides is 1. The summed E-state index contributed by atoms with van der Waals surface area (Å²) >= 11 is 6.09. The van der Waals surface area contributed by atoms with Gasteiger partial charge in [0.1, 0.15) is 5.82 Å². The molecule has 1 heterocycles. The van der Waals surface area contributed by atoms with Crippen LogP contribution >= 0.6 is 11.6 Å². The van der Waals surface area contributed by atoms with Gasteiger partial charge in [0.2, 0.25) is 5.91 Å². The van der Waals surface area contributed by atoms with Crippen molar-refractivity contribution in [3.05, 3.63) is 82.6 Å². The van der Waals surface area contributed by atoms with Crippen LogP contribution in [0.25, 0.3) is 21.8 Å². The van der Waals surface area contributed by atoms with E-state index >= 15 is 0 Å². The third-order valence-corrected chi connectivity index (χ3v) is 4.58. The molecule has 0 aliphatic rings. The number of nitrogens with two attached hydrogens (primary N) is 1. The second-order valence-electron chi connectivity index (χ2n) is 5.94. The average Bonchev–Trinajstić information content (AvgIpc) is 2.88. The molecule has 0 spiro atoms. The molecule has 3 aromatic carbocycles. The van der Waals surface area contributed by atoms with Crippen LogP contribution in [0, 0.1) is 5.82 Å². The van der Waals surface area contributed by atoms with E-state index in [1.807, 2.05) is 34.9 Å². The molecule has 25 heavy (non-hydrogen) atoms. The Kier molecular flexibility index (Phi) is 3.70. The third-order valence-electron chi connectivity index (χ3n) is 4.35. The molecular weight excluding hydrogens is 339 g/mol. The van der Waals surface area contributed by atoms with Crippen LogP contribution in [0.2, 0.25) is 5.02 Å². The van der Waals surface area contributed by atoms with Crippen LogP contribution in [0.1, 0.15) is 15.9 Å². The van der Waals surface area contributed by atoms with Gasteiger partial charge in [-0.3, -0.25) is 4.79 Å². The number of carbonyl (C=O) groups is 1. The highest BCUT2D eigenvalue weighted by molar-refractivity contribution is 6.30. The maximum atomic E-state index is 13.8. The summed E-state index contributed by atoms with van der Waals surface area (Å²) in [7, 11) is 0. The number of fused-ring (bicyclic) bond motifs is 3. The Labute approximate surface area is 148 Å². The van der Waals surface area contributed by atoms with Crippen LogP contribution in [-0.4, -0.2) is 10.5 Å². The quantitative estimate of drug-likeness (QED) is 0.569. The van der Waals surface area contributed by atoms with E-state index in [2.05, 4.69) is 0 Å². The van der Waals surface area contributed by atoms with E-state index in [0.29, 0.717) is 27.9 Å². The van der Waals surface area contributed by atoms with Crippen LogP contribution in [-0.2, 0) is 6.54 Å². The molecule has 124 valence electrons. The van der Waals surface area contributed by atoms with Crippen molar-refractivity contribution in [2.24, 2.45) is 5.73 Å². The summed E-state index contributed by atoms with van der Waals surface area (Å²) in [5.41, 5.74) is 8.60. The summed E-state index contributed by atoms with van der Waals surface area (Å²) in [6.45, 7) is 0.550. The van der Waals surface area contributed by atoms with Gasteiger partial charge in [-0.05, 0) is 48.0 Å². The van der Waals surface area contributed by atoms with Crippen molar-refractivity contribution < 1.29 is 9.18 Å². The highest BCUT2D eigenvalue weighted by atomic mass is 35.5. The zero-order valence-electron chi connectivity index (χ0n) is 13.2. The van der Waals surface area contributed by atoms with E-state index in [9.17, 15) is 9.18 Å². The Balaban J connectivity index is 2.05. The lowest BCUT2D eigenvalue weighted by Crippen LogP contribution is -2.11. The SMILES string of the molecule is NC(=O)c1cccc2c1c1cc(F)ccc1n2Cc1cccc(Cl)c1. The van der Waals surface area contributed by atoms with Crippen molar-refractivity contribution in [3.8, 4) is 0 Å². The van der Waals surface area contributed by atoms with Crippen molar-refractivity contribution in [2.75, 3.05) is 0 Å². The summed E-state index contributed by atoms with van der Waals surface area (Å²) < 4.78 is 15.9. The highest BCUT2D eigenvalue weighted by Gasteiger charge is 2.17. The summed E-state index contributed by atoms with van der Waals surface area (Å²) in [5, 5.41) is 2.00.